The number of carbonyl (C=O) groups is 2. The second-order valence-corrected chi connectivity index (χ2v) is 12.1. The lowest BCUT2D eigenvalue weighted by Gasteiger charge is -2.47. The Morgan fingerprint density at radius 2 is 1.78 bits per heavy atom. The summed E-state index contributed by atoms with van der Waals surface area (Å²) in [6, 6.07) is 22.0. The number of nitrogens with zero attached hydrogens (tertiary/aromatic N) is 2. The Bertz CT molecular complexity index is 1440. The smallest absolute Gasteiger partial charge is 0.272 e. The maximum atomic E-state index is 14.6. The molecule has 1 atom stereocenters. The monoisotopic (exact) mass is 575 g/mol. The minimum atomic E-state index is -1.17. The molecule has 2 aromatic heterocycles. The van der Waals surface area contributed by atoms with Crippen LogP contribution in [0, 0.1) is 0 Å². The maximum Gasteiger partial charge on any atom is 0.272 e. The molecule has 190 valence electrons. The Kier molecular flexibility index (Phi) is 6.67. The fraction of sp³-hybridized carbons (Fsp3) is 0.333. The number of rotatable bonds is 5. The molecule has 0 radical (unpaired) electrons. The normalized spacial score (nSPS) is 20.6. The quantitative estimate of drug-likeness (QED) is 0.264. The van der Waals surface area contributed by atoms with Crippen molar-refractivity contribution in [3.63, 3.8) is 0 Å². The van der Waals surface area contributed by atoms with Gasteiger partial charge in [-0.25, -0.2) is 0 Å². The highest BCUT2D eigenvalue weighted by atomic mass is 79.9. The van der Waals surface area contributed by atoms with Crippen LogP contribution < -0.4 is 5.32 Å². The summed E-state index contributed by atoms with van der Waals surface area (Å²) < 4.78 is 4.08. The maximum absolute atomic E-state index is 14.6. The van der Waals surface area contributed by atoms with Crippen molar-refractivity contribution in [2.75, 3.05) is 0 Å². The third-order valence-electron chi connectivity index (χ3n) is 7.88. The van der Waals surface area contributed by atoms with Crippen LogP contribution in [-0.2, 0) is 23.4 Å². The van der Waals surface area contributed by atoms with Gasteiger partial charge in [0.25, 0.3) is 11.8 Å². The molecule has 5 nitrogen and oxygen atoms in total. The largest absolute Gasteiger partial charge is 0.351 e. The van der Waals surface area contributed by atoms with Crippen molar-refractivity contribution in [1.82, 2.24) is 14.8 Å². The van der Waals surface area contributed by atoms with Crippen molar-refractivity contribution in [3.8, 4) is 0 Å². The van der Waals surface area contributed by atoms with Crippen molar-refractivity contribution in [1.29, 1.82) is 0 Å². The molecule has 37 heavy (non-hydrogen) atoms. The molecule has 2 aromatic carbocycles. The number of thiophene rings is 1. The first-order valence-corrected chi connectivity index (χ1v) is 14.7. The van der Waals surface area contributed by atoms with Gasteiger partial charge in [0, 0.05) is 17.1 Å². The number of benzene rings is 2. The Hall–Kier alpha value is -2.90. The molecule has 0 spiro atoms. The van der Waals surface area contributed by atoms with Crippen LogP contribution in [0.4, 0.5) is 0 Å². The Morgan fingerprint density at radius 3 is 2.54 bits per heavy atom. The first-order chi connectivity index (χ1) is 18.1. The number of fused-ring (bicyclic) bond motifs is 3. The minimum absolute atomic E-state index is 0.0864. The van der Waals surface area contributed by atoms with Crippen molar-refractivity contribution in [3.05, 3.63) is 93.4 Å². The van der Waals surface area contributed by atoms with E-state index in [1.165, 1.54) is 12.8 Å². The van der Waals surface area contributed by atoms with E-state index in [4.69, 9.17) is 0 Å². The average Bonchev–Trinajstić information content (AvgIpc) is 3.40. The van der Waals surface area contributed by atoms with E-state index in [0.29, 0.717) is 18.8 Å². The SMILES string of the molecule is O=C1c2cc3sccc3n2C[C@](C(=O)NC2CCCCCC2)(c2ccccc2)N1Cc1cccc(Br)c1. The van der Waals surface area contributed by atoms with Gasteiger partial charge in [0.2, 0.25) is 0 Å². The summed E-state index contributed by atoms with van der Waals surface area (Å²) >= 11 is 5.20. The van der Waals surface area contributed by atoms with Crippen molar-refractivity contribution >= 4 is 49.3 Å². The van der Waals surface area contributed by atoms with Crippen LogP contribution in [0.2, 0.25) is 0 Å². The summed E-state index contributed by atoms with van der Waals surface area (Å²) in [7, 11) is 0. The highest BCUT2D eigenvalue weighted by Crippen LogP contribution is 2.41. The zero-order chi connectivity index (χ0) is 25.4. The van der Waals surface area contributed by atoms with Crippen molar-refractivity contribution in [2.45, 2.75) is 63.2 Å². The topological polar surface area (TPSA) is 54.3 Å². The molecular weight excluding hydrogens is 546 g/mol. The molecule has 2 amide bonds. The summed E-state index contributed by atoms with van der Waals surface area (Å²) in [6.45, 7) is 0.717. The molecule has 0 unspecified atom stereocenters. The molecule has 3 heterocycles. The molecule has 1 aliphatic heterocycles. The van der Waals surface area contributed by atoms with Crippen LogP contribution in [0.5, 0.6) is 0 Å². The van der Waals surface area contributed by atoms with E-state index in [9.17, 15) is 9.59 Å². The summed E-state index contributed by atoms with van der Waals surface area (Å²) in [5.74, 6) is -0.203. The molecular formula is C30H30BrN3O2S. The lowest BCUT2D eigenvalue weighted by atomic mass is 9.83. The molecule has 1 saturated carbocycles. The summed E-state index contributed by atoms with van der Waals surface area (Å²) in [5, 5.41) is 5.48. The third-order valence-corrected chi connectivity index (χ3v) is 9.23. The predicted octanol–water partition coefficient (Wildman–Crippen LogP) is 6.86. The molecule has 1 fully saturated rings. The molecule has 1 N–H and O–H groups in total. The second kappa shape index (κ2) is 10.1. The highest BCUT2D eigenvalue weighted by molar-refractivity contribution is 9.10. The number of nitrogens with one attached hydrogen (secondary N) is 1. The van der Waals surface area contributed by atoms with E-state index in [1.807, 2.05) is 70.9 Å². The van der Waals surface area contributed by atoms with E-state index in [1.54, 1.807) is 11.3 Å². The van der Waals surface area contributed by atoms with Gasteiger partial charge < -0.3 is 14.8 Å². The van der Waals surface area contributed by atoms with Gasteiger partial charge in [-0.3, -0.25) is 9.59 Å². The standard InChI is InChI=1S/C30H30BrN3O2S/c31-23-12-8-9-21(17-23)19-34-28(35)26-18-27-25(15-16-37-27)33(26)20-30(34,22-10-4-3-5-11-22)29(36)32-24-13-6-1-2-7-14-24/h3-5,8-12,15-18,24H,1-2,6-7,13-14,19-20H2,(H,32,36)/t30-/m1/s1. The summed E-state index contributed by atoms with van der Waals surface area (Å²) in [6.07, 6.45) is 6.65. The van der Waals surface area contributed by atoms with Crippen LogP contribution in [0.15, 0.2) is 76.6 Å². The van der Waals surface area contributed by atoms with E-state index in [0.717, 1.165) is 51.5 Å². The first kappa shape index (κ1) is 24.4. The van der Waals surface area contributed by atoms with E-state index in [2.05, 4.69) is 31.9 Å². The zero-order valence-electron chi connectivity index (χ0n) is 20.7. The van der Waals surface area contributed by atoms with Gasteiger partial charge in [0.05, 0.1) is 16.8 Å². The van der Waals surface area contributed by atoms with Gasteiger partial charge in [-0.15, -0.1) is 11.3 Å². The van der Waals surface area contributed by atoms with E-state index in [-0.39, 0.29) is 17.9 Å². The van der Waals surface area contributed by atoms with Gasteiger partial charge in [-0.05, 0) is 53.6 Å². The molecule has 2 aliphatic rings. The van der Waals surface area contributed by atoms with Crippen LogP contribution in [0.25, 0.3) is 10.2 Å². The van der Waals surface area contributed by atoms with Crippen molar-refractivity contribution in [2.24, 2.45) is 0 Å². The Balaban J connectivity index is 1.52. The second-order valence-electron chi connectivity index (χ2n) is 10.2. The Morgan fingerprint density at radius 1 is 1.00 bits per heavy atom. The number of aromatic nitrogens is 1. The zero-order valence-corrected chi connectivity index (χ0v) is 23.1. The molecule has 6 rings (SSSR count). The lowest BCUT2D eigenvalue weighted by molar-refractivity contribution is -0.136. The van der Waals surface area contributed by atoms with Gasteiger partial charge >= 0.3 is 0 Å². The number of hydrogen-bond donors (Lipinski definition) is 1. The number of carbonyl (C=O) groups excluding carboxylic acids is 2. The first-order valence-electron chi connectivity index (χ1n) is 13.1. The van der Waals surface area contributed by atoms with Crippen LogP contribution in [0.1, 0.15) is 60.1 Å². The molecule has 4 aromatic rings. The average molecular weight is 577 g/mol. The highest BCUT2D eigenvalue weighted by Gasteiger charge is 2.52. The van der Waals surface area contributed by atoms with Gasteiger partial charge in [-0.2, -0.15) is 0 Å². The van der Waals surface area contributed by atoms with Gasteiger partial charge in [0.15, 0.2) is 5.54 Å². The van der Waals surface area contributed by atoms with Crippen LogP contribution >= 0.6 is 27.3 Å². The van der Waals surface area contributed by atoms with Crippen molar-refractivity contribution < 1.29 is 9.59 Å². The molecule has 7 heteroatoms. The number of halogens is 1. The summed E-state index contributed by atoms with van der Waals surface area (Å²) in [4.78, 5) is 30.7. The molecule has 0 bridgehead atoms. The summed E-state index contributed by atoms with van der Waals surface area (Å²) in [5.41, 5.74) is 2.30. The van der Waals surface area contributed by atoms with Crippen LogP contribution in [-0.4, -0.2) is 27.3 Å². The van der Waals surface area contributed by atoms with Crippen LogP contribution in [0.3, 0.4) is 0 Å². The lowest BCUT2D eigenvalue weighted by Crippen LogP contribution is -2.63. The number of hydrogen-bond acceptors (Lipinski definition) is 3. The number of amides is 2. The fourth-order valence-electron chi connectivity index (χ4n) is 5.99. The van der Waals surface area contributed by atoms with E-state index < -0.39 is 5.54 Å². The minimum Gasteiger partial charge on any atom is -0.351 e. The predicted molar refractivity (Wildman–Crippen MR) is 152 cm³/mol. The molecule has 1 aliphatic carbocycles. The molecule has 0 saturated heterocycles. The van der Waals surface area contributed by atoms with Gasteiger partial charge in [0.1, 0.15) is 5.69 Å². The fourth-order valence-corrected chi connectivity index (χ4v) is 7.26. The Labute approximate surface area is 229 Å². The third kappa shape index (κ3) is 4.42. The van der Waals surface area contributed by atoms with Gasteiger partial charge in [-0.1, -0.05) is 84.1 Å². The van der Waals surface area contributed by atoms with E-state index >= 15 is 0 Å².